The van der Waals surface area contributed by atoms with E-state index in [1.54, 1.807) is 0 Å². The zero-order valence-corrected chi connectivity index (χ0v) is 12.4. The van der Waals surface area contributed by atoms with E-state index in [0.717, 1.165) is 12.8 Å². The van der Waals surface area contributed by atoms with E-state index in [1.165, 1.54) is 0 Å². The Labute approximate surface area is 111 Å². The minimum Gasteiger partial charge on any atom is -0.459 e. The van der Waals surface area contributed by atoms with Gasteiger partial charge in [0.05, 0.1) is 5.54 Å². The first kappa shape index (κ1) is 15.0. The van der Waals surface area contributed by atoms with Gasteiger partial charge in [-0.1, -0.05) is 5.92 Å². The van der Waals surface area contributed by atoms with Crippen LogP contribution in [0.1, 0.15) is 54.4 Å². The van der Waals surface area contributed by atoms with Crippen molar-refractivity contribution in [1.29, 1.82) is 0 Å². The van der Waals surface area contributed by atoms with Gasteiger partial charge in [-0.05, 0) is 54.4 Å². The number of nitrogens with zero attached hydrogens (tertiary/aromatic N) is 1. The van der Waals surface area contributed by atoms with Crippen LogP contribution < -0.4 is 0 Å². The summed E-state index contributed by atoms with van der Waals surface area (Å²) in [6, 6.07) is 0.0962. The second-order valence-electron chi connectivity index (χ2n) is 6.59. The summed E-state index contributed by atoms with van der Waals surface area (Å²) in [6.45, 7) is 11.7. The highest BCUT2D eigenvalue weighted by Gasteiger charge is 2.44. The molecule has 0 aromatic carbocycles. The molecular weight excluding hydrogens is 226 g/mol. The highest BCUT2D eigenvalue weighted by atomic mass is 16.6. The molecule has 102 valence electrons. The topological polar surface area (TPSA) is 29.5 Å². The number of rotatable bonds is 2. The number of terminal acetylenes is 1. The molecule has 0 unspecified atom stereocenters. The van der Waals surface area contributed by atoms with Gasteiger partial charge in [-0.25, -0.2) is 0 Å². The van der Waals surface area contributed by atoms with Crippen molar-refractivity contribution >= 4 is 5.97 Å². The molecule has 0 amide bonds. The van der Waals surface area contributed by atoms with Crippen LogP contribution in [0.25, 0.3) is 0 Å². The van der Waals surface area contributed by atoms with Gasteiger partial charge in [-0.15, -0.1) is 6.42 Å². The van der Waals surface area contributed by atoms with E-state index >= 15 is 0 Å². The second-order valence-corrected chi connectivity index (χ2v) is 6.59. The monoisotopic (exact) mass is 251 g/mol. The van der Waals surface area contributed by atoms with Crippen LogP contribution in [0.5, 0.6) is 0 Å². The van der Waals surface area contributed by atoms with Crippen LogP contribution in [-0.4, -0.2) is 34.1 Å². The Kier molecular flexibility index (Phi) is 4.12. The lowest BCUT2D eigenvalue weighted by atomic mass is 10.0. The van der Waals surface area contributed by atoms with Crippen LogP contribution >= 0.6 is 0 Å². The molecule has 2 atom stereocenters. The van der Waals surface area contributed by atoms with E-state index < -0.39 is 11.1 Å². The predicted octanol–water partition coefficient (Wildman–Crippen LogP) is 2.59. The maximum atomic E-state index is 12.2. The molecule has 3 heteroatoms. The summed E-state index contributed by atoms with van der Waals surface area (Å²) in [5.41, 5.74) is -0.869. The van der Waals surface area contributed by atoms with E-state index in [-0.39, 0.29) is 12.0 Å². The van der Waals surface area contributed by atoms with Crippen molar-refractivity contribution in [3.05, 3.63) is 0 Å². The number of carbonyl (C=O) groups excluding carboxylic acids is 1. The molecule has 1 saturated heterocycles. The largest absolute Gasteiger partial charge is 0.459 e. The van der Waals surface area contributed by atoms with Gasteiger partial charge in [0, 0.05) is 6.04 Å². The molecule has 18 heavy (non-hydrogen) atoms. The van der Waals surface area contributed by atoms with Crippen molar-refractivity contribution in [2.45, 2.75) is 77.6 Å². The first-order chi connectivity index (χ1) is 8.08. The third kappa shape index (κ3) is 3.26. The molecule has 0 radical (unpaired) electrons. The number of likely N-dealkylation sites (tertiary alicyclic amines) is 1. The van der Waals surface area contributed by atoms with E-state index in [9.17, 15) is 4.79 Å². The molecule has 1 fully saturated rings. The highest BCUT2D eigenvalue weighted by molar-refractivity contribution is 5.77. The normalized spacial score (nSPS) is 25.8. The van der Waals surface area contributed by atoms with Crippen LogP contribution in [-0.2, 0) is 9.53 Å². The Morgan fingerprint density at radius 2 is 1.83 bits per heavy atom. The SMILES string of the molecule is C#CC(C)(C)N1[C@H](C)CC[C@@H]1C(=O)OC(C)(C)C. The number of carbonyl (C=O) groups is 1. The summed E-state index contributed by atoms with van der Waals surface area (Å²) in [6.07, 6.45) is 7.40. The van der Waals surface area contributed by atoms with Gasteiger partial charge in [-0.2, -0.15) is 0 Å². The minimum absolute atomic E-state index is 0.157. The van der Waals surface area contributed by atoms with Gasteiger partial charge < -0.3 is 4.74 Å². The molecule has 0 aromatic rings. The molecule has 0 aromatic heterocycles. The van der Waals surface area contributed by atoms with E-state index in [1.807, 2.05) is 34.6 Å². The first-order valence-corrected chi connectivity index (χ1v) is 6.57. The fraction of sp³-hybridized carbons (Fsp3) is 0.800. The lowest BCUT2D eigenvalue weighted by Gasteiger charge is -2.38. The average Bonchev–Trinajstić information content (AvgIpc) is 2.58. The molecule has 1 aliphatic rings. The molecule has 0 bridgehead atoms. The van der Waals surface area contributed by atoms with E-state index in [0.29, 0.717) is 6.04 Å². The van der Waals surface area contributed by atoms with Crippen LogP contribution in [0.2, 0.25) is 0 Å². The molecular formula is C15H25NO2. The summed E-state index contributed by atoms with van der Waals surface area (Å²) >= 11 is 0. The minimum atomic E-state index is -0.450. The molecule has 0 N–H and O–H groups in total. The number of ether oxygens (including phenoxy) is 1. The third-order valence-electron chi connectivity index (χ3n) is 3.35. The van der Waals surface area contributed by atoms with Crippen molar-refractivity contribution in [1.82, 2.24) is 4.90 Å². The lowest BCUT2D eigenvalue weighted by Crippen LogP contribution is -2.53. The Morgan fingerprint density at radius 1 is 1.28 bits per heavy atom. The van der Waals surface area contributed by atoms with Gasteiger partial charge in [0.15, 0.2) is 0 Å². The fourth-order valence-electron chi connectivity index (χ4n) is 2.60. The Morgan fingerprint density at radius 3 is 2.28 bits per heavy atom. The summed E-state index contributed by atoms with van der Waals surface area (Å²) in [5, 5.41) is 0. The average molecular weight is 251 g/mol. The molecule has 1 rings (SSSR count). The van der Waals surface area contributed by atoms with Gasteiger partial charge in [0.1, 0.15) is 11.6 Å². The van der Waals surface area contributed by atoms with Crippen LogP contribution in [0.4, 0.5) is 0 Å². The Bertz CT molecular complexity index is 360. The van der Waals surface area contributed by atoms with Crippen molar-refractivity contribution in [2.75, 3.05) is 0 Å². The third-order valence-corrected chi connectivity index (χ3v) is 3.35. The van der Waals surface area contributed by atoms with Crippen molar-refractivity contribution in [3.63, 3.8) is 0 Å². The number of hydrogen-bond acceptors (Lipinski definition) is 3. The maximum Gasteiger partial charge on any atom is 0.323 e. The van der Waals surface area contributed by atoms with Crippen molar-refractivity contribution in [2.24, 2.45) is 0 Å². The zero-order valence-electron chi connectivity index (χ0n) is 12.4. The summed E-state index contributed by atoms with van der Waals surface area (Å²) in [5.74, 6) is 2.62. The van der Waals surface area contributed by atoms with Crippen LogP contribution in [0.15, 0.2) is 0 Å². The lowest BCUT2D eigenvalue weighted by molar-refractivity contribution is -0.162. The Balaban J connectivity index is 2.89. The van der Waals surface area contributed by atoms with Gasteiger partial charge in [0.25, 0.3) is 0 Å². The maximum absolute atomic E-state index is 12.2. The second kappa shape index (κ2) is 4.93. The molecule has 1 heterocycles. The fourth-order valence-corrected chi connectivity index (χ4v) is 2.60. The van der Waals surface area contributed by atoms with Gasteiger partial charge in [-0.3, -0.25) is 9.69 Å². The molecule has 0 saturated carbocycles. The van der Waals surface area contributed by atoms with E-state index in [4.69, 9.17) is 11.2 Å². The molecule has 1 aliphatic heterocycles. The van der Waals surface area contributed by atoms with Gasteiger partial charge >= 0.3 is 5.97 Å². The highest BCUT2D eigenvalue weighted by Crippen LogP contribution is 2.32. The quantitative estimate of drug-likeness (QED) is 0.558. The molecule has 3 nitrogen and oxygen atoms in total. The summed E-state index contributed by atoms with van der Waals surface area (Å²) < 4.78 is 5.49. The van der Waals surface area contributed by atoms with Crippen molar-refractivity contribution < 1.29 is 9.53 Å². The number of esters is 1. The molecule has 0 aliphatic carbocycles. The zero-order chi connectivity index (χ0) is 14.1. The Hall–Kier alpha value is -1.01. The summed E-state index contributed by atoms with van der Waals surface area (Å²) in [4.78, 5) is 14.4. The number of hydrogen-bond donors (Lipinski definition) is 0. The van der Waals surface area contributed by atoms with E-state index in [2.05, 4.69) is 17.7 Å². The van der Waals surface area contributed by atoms with Crippen molar-refractivity contribution in [3.8, 4) is 12.3 Å². The standard InChI is InChI=1S/C15H25NO2/c1-8-15(6,7)16-11(2)9-10-12(16)13(17)18-14(3,4)5/h1,11-12H,9-10H2,2-7H3/t11-,12-/m1/s1. The van der Waals surface area contributed by atoms with Gasteiger partial charge in [0.2, 0.25) is 0 Å². The van der Waals surface area contributed by atoms with Crippen LogP contribution in [0, 0.1) is 12.3 Å². The smallest absolute Gasteiger partial charge is 0.323 e. The van der Waals surface area contributed by atoms with Crippen LogP contribution in [0.3, 0.4) is 0 Å². The summed E-state index contributed by atoms with van der Waals surface area (Å²) in [7, 11) is 0. The molecule has 0 spiro atoms. The first-order valence-electron chi connectivity index (χ1n) is 6.57. The predicted molar refractivity (Wildman–Crippen MR) is 73.1 cm³/mol.